The van der Waals surface area contributed by atoms with Crippen LogP contribution in [0.3, 0.4) is 0 Å². The van der Waals surface area contributed by atoms with Gasteiger partial charge in [-0.1, -0.05) is 45.4 Å². The highest BCUT2D eigenvalue weighted by Gasteiger charge is 2.22. The van der Waals surface area contributed by atoms with Gasteiger partial charge in [-0.15, -0.1) is 0 Å². The lowest BCUT2D eigenvalue weighted by Crippen LogP contribution is -2.06. The van der Waals surface area contributed by atoms with E-state index in [0.717, 1.165) is 51.4 Å². The van der Waals surface area contributed by atoms with Crippen molar-refractivity contribution < 1.29 is 14.3 Å². The fourth-order valence-electron chi connectivity index (χ4n) is 2.88. The fourth-order valence-corrected chi connectivity index (χ4v) is 2.88. The van der Waals surface area contributed by atoms with Crippen LogP contribution < -0.4 is 0 Å². The summed E-state index contributed by atoms with van der Waals surface area (Å²) in [7, 11) is 0. The number of carbonyl (C=O) groups is 2. The van der Waals surface area contributed by atoms with Crippen LogP contribution in [0.15, 0.2) is 0 Å². The summed E-state index contributed by atoms with van der Waals surface area (Å²) in [5, 5.41) is 0. The zero-order valence-electron chi connectivity index (χ0n) is 13.7. The monoisotopic (exact) mass is 296 g/mol. The molecule has 1 atom stereocenters. The summed E-state index contributed by atoms with van der Waals surface area (Å²) in [5.74, 6) is 0.418. The molecule has 0 aromatic heterocycles. The zero-order valence-corrected chi connectivity index (χ0v) is 13.7. The van der Waals surface area contributed by atoms with Crippen molar-refractivity contribution in [1.29, 1.82) is 0 Å². The van der Waals surface area contributed by atoms with E-state index in [1.807, 2.05) is 0 Å². The van der Waals surface area contributed by atoms with Crippen molar-refractivity contribution in [3.8, 4) is 0 Å². The molecule has 0 saturated carbocycles. The normalized spacial score (nSPS) is 18.0. The smallest absolute Gasteiger partial charge is 0.306 e. The molecule has 0 spiro atoms. The molecule has 1 fully saturated rings. The van der Waals surface area contributed by atoms with Gasteiger partial charge >= 0.3 is 5.97 Å². The van der Waals surface area contributed by atoms with E-state index in [9.17, 15) is 9.59 Å². The van der Waals surface area contributed by atoms with Crippen LogP contribution in [0.5, 0.6) is 0 Å². The van der Waals surface area contributed by atoms with E-state index >= 15 is 0 Å². The number of cyclic esters (lactones) is 1. The standard InChI is InChI=1S/C18H32O3/c1-2-3-4-8-11-16(19)12-9-6-5-7-10-13-17-14-15-18(20)21-17/h17H,2-15H2,1H3. The minimum atomic E-state index is -0.0301. The molecule has 1 rings (SSSR count). The Kier molecular flexibility index (Phi) is 10.2. The van der Waals surface area contributed by atoms with E-state index in [1.165, 1.54) is 32.1 Å². The van der Waals surface area contributed by atoms with Gasteiger partial charge in [0.05, 0.1) is 0 Å². The minimum absolute atomic E-state index is 0.0301. The molecule has 0 aromatic rings. The van der Waals surface area contributed by atoms with Gasteiger partial charge in [0.2, 0.25) is 0 Å². The lowest BCUT2D eigenvalue weighted by molar-refractivity contribution is -0.141. The number of hydrogen-bond donors (Lipinski definition) is 0. The molecule has 0 radical (unpaired) electrons. The Morgan fingerprint density at radius 2 is 1.62 bits per heavy atom. The number of carbonyl (C=O) groups excluding carboxylic acids is 2. The minimum Gasteiger partial charge on any atom is -0.462 e. The van der Waals surface area contributed by atoms with Crippen molar-refractivity contribution in [1.82, 2.24) is 0 Å². The second-order valence-electron chi connectivity index (χ2n) is 6.31. The van der Waals surface area contributed by atoms with E-state index in [2.05, 4.69) is 6.92 Å². The predicted octanol–water partition coefficient (Wildman–Crippen LogP) is 4.96. The van der Waals surface area contributed by atoms with Crippen LogP contribution in [0.2, 0.25) is 0 Å². The van der Waals surface area contributed by atoms with E-state index in [-0.39, 0.29) is 12.1 Å². The second-order valence-corrected chi connectivity index (χ2v) is 6.31. The molecule has 3 nitrogen and oxygen atoms in total. The number of rotatable bonds is 13. The average molecular weight is 296 g/mol. The largest absolute Gasteiger partial charge is 0.462 e. The van der Waals surface area contributed by atoms with Gasteiger partial charge in [-0.05, 0) is 32.1 Å². The van der Waals surface area contributed by atoms with Gasteiger partial charge in [0, 0.05) is 19.3 Å². The average Bonchev–Trinajstić information content (AvgIpc) is 2.88. The summed E-state index contributed by atoms with van der Waals surface area (Å²) in [6, 6.07) is 0. The van der Waals surface area contributed by atoms with Crippen molar-refractivity contribution in [3.63, 3.8) is 0 Å². The number of esters is 1. The Labute approximate surface area is 129 Å². The summed E-state index contributed by atoms with van der Waals surface area (Å²) in [6.45, 7) is 2.19. The molecular weight excluding hydrogens is 264 g/mol. The third-order valence-corrected chi connectivity index (χ3v) is 4.26. The molecule has 0 N–H and O–H groups in total. The molecule has 3 heteroatoms. The van der Waals surface area contributed by atoms with Crippen LogP contribution in [-0.2, 0) is 14.3 Å². The Balaban J connectivity index is 1.81. The van der Waals surface area contributed by atoms with Gasteiger partial charge in [0.25, 0.3) is 0 Å². The van der Waals surface area contributed by atoms with Gasteiger partial charge in [-0.2, -0.15) is 0 Å². The lowest BCUT2D eigenvalue weighted by Gasteiger charge is -2.08. The number of Topliss-reactive ketones (excluding diaryl/α,β-unsaturated/α-hetero) is 1. The maximum atomic E-state index is 11.7. The van der Waals surface area contributed by atoms with Gasteiger partial charge < -0.3 is 4.74 Å². The number of unbranched alkanes of at least 4 members (excludes halogenated alkanes) is 7. The van der Waals surface area contributed by atoms with Crippen molar-refractivity contribution >= 4 is 11.8 Å². The SMILES string of the molecule is CCCCCCC(=O)CCCCCCCC1CCC(=O)O1. The van der Waals surface area contributed by atoms with E-state index < -0.39 is 0 Å². The van der Waals surface area contributed by atoms with E-state index in [0.29, 0.717) is 12.2 Å². The summed E-state index contributed by atoms with van der Waals surface area (Å²) in [5.41, 5.74) is 0. The Bertz CT molecular complexity index is 299. The first kappa shape index (κ1) is 18.2. The van der Waals surface area contributed by atoms with Crippen LogP contribution in [0, 0.1) is 0 Å². The maximum Gasteiger partial charge on any atom is 0.306 e. The van der Waals surface area contributed by atoms with E-state index in [1.54, 1.807) is 0 Å². The molecule has 0 aromatic carbocycles. The highest BCUT2D eigenvalue weighted by Crippen LogP contribution is 2.20. The van der Waals surface area contributed by atoms with Gasteiger partial charge in [-0.25, -0.2) is 0 Å². The number of hydrogen-bond acceptors (Lipinski definition) is 3. The molecule has 1 heterocycles. The van der Waals surface area contributed by atoms with Crippen LogP contribution in [0.1, 0.15) is 96.8 Å². The van der Waals surface area contributed by atoms with Crippen molar-refractivity contribution in [2.24, 2.45) is 0 Å². The predicted molar refractivity (Wildman–Crippen MR) is 85.2 cm³/mol. The molecule has 0 bridgehead atoms. The third kappa shape index (κ3) is 9.65. The van der Waals surface area contributed by atoms with Crippen LogP contribution >= 0.6 is 0 Å². The molecule has 1 unspecified atom stereocenters. The van der Waals surface area contributed by atoms with Crippen LogP contribution in [0.25, 0.3) is 0 Å². The number of ketones is 1. The quantitative estimate of drug-likeness (QED) is 0.356. The first-order valence-corrected chi connectivity index (χ1v) is 8.93. The summed E-state index contributed by atoms with van der Waals surface area (Å²) in [4.78, 5) is 22.6. The highest BCUT2D eigenvalue weighted by molar-refractivity contribution is 5.78. The van der Waals surface area contributed by atoms with Crippen molar-refractivity contribution in [2.45, 2.75) is 103 Å². The lowest BCUT2D eigenvalue weighted by atomic mass is 10.0. The molecule has 1 aliphatic rings. The second kappa shape index (κ2) is 11.8. The van der Waals surface area contributed by atoms with Crippen molar-refractivity contribution in [2.75, 3.05) is 0 Å². The highest BCUT2D eigenvalue weighted by atomic mass is 16.5. The zero-order chi connectivity index (χ0) is 15.3. The first-order chi connectivity index (χ1) is 10.2. The van der Waals surface area contributed by atoms with Gasteiger partial charge in [-0.3, -0.25) is 9.59 Å². The summed E-state index contributed by atoms with van der Waals surface area (Å²) in [6.07, 6.45) is 14.8. The molecular formula is C18H32O3. The molecule has 0 amide bonds. The molecule has 1 saturated heterocycles. The van der Waals surface area contributed by atoms with Crippen LogP contribution in [-0.4, -0.2) is 17.9 Å². The third-order valence-electron chi connectivity index (χ3n) is 4.26. The Hall–Kier alpha value is -0.860. The summed E-state index contributed by atoms with van der Waals surface area (Å²) < 4.78 is 5.19. The van der Waals surface area contributed by atoms with Gasteiger partial charge in [0.1, 0.15) is 11.9 Å². The molecule has 122 valence electrons. The Morgan fingerprint density at radius 1 is 1.00 bits per heavy atom. The number of ether oxygens (including phenoxy) is 1. The van der Waals surface area contributed by atoms with Gasteiger partial charge in [0.15, 0.2) is 0 Å². The molecule has 1 aliphatic heterocycles. The maximum absolute atomic E-state index is 11.7. The fraction of sp³-hybridized carbons (Fsp3) is 0.889. The molecule has 0 aliphatic carbocycles. The Morgan fingerprint density at radius 3 is 2.24 bits per heavy atom. The van der Waals surface area contributed by atoms with Crippen LogP contribution in [0.4, 0.5) is 0 Å². The van der Waals surface area contributed by atoms with E-state index in [4.69, 9.17) is 4.74 Å². The van der Waals surface area contributed by atoms with Crippen molar-refractivity contribution in [3.05, 3.63) is 0 Å². The molecule has 21 heavy (non-hydrogen) atoms. The summed E-state index contributed by atoms with van der Waals surface area (Å²) >= 11 is 0. The topological polar surface area (TPSA) is 43.4 Å². The first-order valence-electron chi connectivity index (χ1n) is 8.93.